The van der Waals surface area contributed by atoms with Crippen LogP contribution in [0.3, 0.4) is 0 Å². The van der Waals surface area contributed by atoms with Crippen molar-refractivity contribution in [3.8, 4) is 11.1 Å². The molecule has 2 N–H and O–H groups in total. The number of rotatable bonds is 6. The number of ether oxygens (including phenoxy) is 1. The van der Waals surface area contributed by atoms with E-state index in [0.29, 0.717) is 13.2 Å². The van der Waals surface area contributed by atoms with Crippen molar-refractivity contribution in [2.24, 2.45) is 5.41 Å². The zero-order valence-corrected chi connectivity index (χ0v) is 14.9. The van der Waals surface area contributed by atoms with Crippen molar-refractivity contribution in [1.29, 1.82) is 0 Å². The monoisotopic (exact) mass is 351 g/mol. The van der Waals surface area contributed by atoms with Crippen LogP contribution in [0.5, 0.6) is 0 Å². The van der Waals surface area contributed by atoms with Gasteiger partial charge in [-0.25, -0.2) is 4.79 Å². The molecule has 0 saturated heterocycles. The summed E-state index contributed by atoms with van der Waals surface area (Å²) in [4.78, 5) is 12.1. The summed E-state index contributed by atoms with van der Waals surface area (Å²) >= 11 is 0. The molecule has 0 heterocycles. The van der Waals surface area contributed by atoms with Gasteiger partial charge in [-0.05, 0) is 46.9 Å². The van der Waals surface area contributed by atoms with Gasteiger partial charge in [0.2, 0.25) is 0 Å². The van der Waals surface area contributed by atoms with E-state index in [1.165, 1.54) is 28.7 Å². The van der Waals surface area contributed by atoms with Crippen molar-refractivity contribution in [3.63, 3.8) is 0 Å². The molecule has 0 bridgehead atoms. The van der Waals surface area contributed by atoms with Gasteiger partial charge in [0.15, 0.2) is 0 Å². The fourth-order valence-electron chi connectivity index (χ4n) is 4.24. The number of aliphatic hydroxyl groups is 1. The molecule has 4 heteroatoms. The first-order chi connectivity index (χ1) is 12.7. The van der Waals surface area contributed by atoms with Crippen molar-refractivity contribution in [1.82, 2.24) is 5.32 Å². The molecule has 1 fully saturated rings. The Morgan fingerprint density at radius 3 is 2.23 bits per heavy atom. The molecule has 0 spiro atoms. The van der Waals surface area contributed by atoms with E-state index in [-0.39, 0.29) is 24.0 Å². The largest absolute Gasteiger partial charge is 0.449 e. The minimum atomic E-state index is -0.376. The number of hydrogen-bond donors (Lipinski definition) is 2. The van der Waals surface area contributed by atoms with Gasteiger partial charge in [0, 0.05) is 19.1 Å². The molecule has 0 unspecified atom stereocenters. The van der Waals surface area contributed by atoms with Crippen LogP contribution in [0, 0.1) is 5.41 Å². The number of hydrogen-bond acceptors (Lipinski definition) is 3. The van der Waals surface area contributed by atoms with Gasteiger partial charge in [0.25, 0.3) is 0 Å². The number of carbonyl (C=O) groups is 1. The van der Waals surface area contributed by atoms with E-state index >= 15 is 0 Å². The Hall–Kier alpha value is -2.33. The third-order valence-electron chi connectivity index (χ3n) is 6.02. The fraction of sp³-hybridized carbons (Fsp3) is 0.409. The Morgan fingerprint density at radius 1 is 1.08 bits per heavy atom. The topological polar surface area (TPSA) is 58.6 Å². The highest BCUT2D eigenvalue weighted by atomic mass is 16.5. The molecule has 0 radical (unpaired) electrons. The molecule has 1 saturated carbocycles. The van der Waals surface area contributed by atoms with Gasteiger partial charge >= 0.3 is 6.09 Å². The summed E-state index contributed by atoms with van der Waals surface area (Å²) in [6.45, 7) is 1.10. The third kappa shape index (κ3) is 3.10. The lowest BCUT2D eigenvalue weighted by Crippen LogP contribution is -2.38. The normalized spacial score (nSPS) is 17.1. The highest BCUT2D eigenvalue weighted by Crippen LogP contribution is 2.45. The molecule has 4 nitrogen and oxygen atoms in total. The minimum absolute atomic E-state index is 0.0244. The van der Waals surface area contributed by atoms with E-state index in [1.54, 1.807) is 0 Å². The van der Waals surface area contributed by atoms with Crippen LogP contribution in [-0.4, -0.2) is 31.0 Å². The first-order valence-electron chi connectivity index (χ1n) is 9.42. The van der Waals surface area contributed by atoms with E-state index in [1.807, 2.05) is 24.3 Å². The second kappa shape index (κ2) is 7.12. The second-order valence-electron chi connectivity index (χ2n) is 7.51. The number of aliphatic hydroxyl groups excluding tert-OH is 1. The smallest absolute Gasteiger partial charge is 0.407 e. The minimum Gasteiger partial charge on any atom is -0.449 e. The number of carbonyl (C=O) groups excluding carboxylic acids is 1. The van der Waals surface area contributed by atoms with Crippen molar-refractivity contribution < 1.29 is 14.6 Å². The highest BCUT2D eigenvalue weighted by molar-refractivity contribution is 5.79. The molecule has 2 aromatic carbocycles. The highest BCUT2D eigenvalue weighted by Gasteiger charge is 2.35. The van der Waals surface area contributed by atoms with E-state index in [0.717, 1.165) is 19.3 Å². The van der Waals surface area contributed by atoms with Crippen molar-refractivity contribution in [3.05, 3.63) is 59.7 Å². The molecule has 4 rings (SSSR count). The van der Waals surface area contributed by atoms with Crippen molar-refractivity contribution >= 4 is 6.09 Å². The van der Waals surface area contributed by atoms with Crippen LogP contribution in [0.15, 0.2) is 48.5 Å². The molecule has 2 aliphatic carbocycles. The van der Waals surface area contributed by atoms with Crippen molar-refractivity contribution in [2.45, 2.75) is 31.6 Å². The van der Waals surface area contributed by atoms with Gasteiger partial charge in [-0.3, -0.25) is 0 Å². The van der Waals surface area contributed by atoms with Crippen molar-refractivity contribution in [2.75, 3.05) is 19.8 Å². The number of fused-ring (bicyclic) bond motifs is 3. The molecule has 2 aromatic rings. The average molecular weight is 351 g/mol. The van der Waals surface area contributed by atoms with E-state index in [2.05, 4.69) is 29.6 Å². The van der Waals surface area contributed by atoms with Crippen LogP contribution < -0.4 is 5.32 Å². The molecule has 0 aliphatic heterocycles. The molecule has 0 aromatic heterocycles. The summed E-state index contributed by atoms with van der Waals surface area (Å²) < 4.78 is 5.53. The quantitative estimate of drug-likeness (QED) is 0.824. The van der Waals surface area contributed by atoms with Gasteiger partial charge < -0.3 is 15.2 Å². The summed E-state index contributed by atoms with van der Waals surface area (Å²) in [6.07, 6.45) is 3.71. The van der Waals surface area contributed by atoms with Gasteiger partial charge in [-0.2, -0.15) is 0 Å². The predicted molar refractivity (Wildman–Crippen MR) is 101 cm³/mol. The van der Waals surface area contributed by atoms with Gasteiger partial charge in [-0.1, -0.05) is 55.0 Å². The maximum absolute atomic E-state index is 12.1. The Labute approximate surface area is 154 Å². The molecule has 136 valence electrons. The first kappa shape index (κ1) is 17.1. The summed E-state index contributed by atoms with van der Waals surface area (Å²) in [7, 11) is 0. The van der Waals surface area contributed by atoms with E-state index < -0.39 is 0 Å². The van der Waals surface area contributed by atoms with E-state index in [4.69, 9.17) is 4.74 Å². The van der Waals surface area contributed by atoms with Crippen LogP contribution in [0.25, 0.3) is 11.1 Å². The zero-order chi connectivity index (χ0) is 18.0. The van der Waals surface area contributed by atoms with Crippen LogP contribution in [0.2, 0.25) is 0 Å². The van der Waals surface area contributed by atoms with E-state index in [9.17, 15) is 9.90 Å². The number of alkyl carbamates (subject to hydrolysis) is 1. The number of nitrogens with one attached hydrogen (secondary N) is 1. The lowest BCUT2D eigenvalue weighted by Gasteiger charge is -2.40. The Bertz CT molecular complexity index is 746. The number of amides is 1. The van der Waals surface area contributed by atoms with Gasteiger partial charge in [-0.15, -0.1) is 0 Å². The summed E-state index contributed by atoms with van der Waals surface area (Å²) in [5, 5.41) is 12.3. The first-order valence-corrected chi connectivity index (χ1v) is 9.42. The SMILES string of the molecule is O=C(NCCC1(CO)CCC1)OCC1c2ccccc2-c2ccccc21. The Morgan fingerprint density at radius 2 is 1.69 bits per heavy atom. The summed E-state index contributed by atoms with van der Waals surface area (Å²) in [5.74, 6) is 0.0866. The van der Waals surface area contributed by atoms with Crippen LogP contribution in [0.1, 0.15) is 42.7 Å². The molecule has 2 aliphatic rings. The zero-order valence-electron chi connectivity index (χ0n) is 14.9. The summed E-state index contributed by atoms with van der Waals surface area (Å²) in [6, 6.07) is 16.6. The lowest BCUT2D eigenvalue weighted by molar-refractivity contribution is 0.0360. The average Bonchev–Trinajstić information content (AvgIpc) is 2.96. The number of benzene rings is 2. The Kier molecular flexibility index (Phi) is 4.68. The molecule has 0 atom stereocenters. The van der Waals surface area contributed by atoms with Crippen LogP contribution in [0.4, 0.5) is 4.79 Å². The predicted octanol–water partition coefficient (Wildman–Crippen LogP) is 4.08. The molecular formula is C22H25NO3. The van der Waals surface area contributed by atoms with Gasteiger partial charge in [0.1, 0.15) is 6.61 Å². The molecule has 1 amide bonds. The maximum Gasteiger partial charge on any atom is 0.407 e. The molecular weight excluding hydrogens is 326 g/mol. The standard InChI is InChI=1S/C22H25NO3/c24-15-22(10-5-11-22)12-13-23-21(25)26-14-20-18-8-3-1-6-16(18)17-7-2-4-9-19(17)20/h1-4,6-9,20,24H,5,10-15H2,(H,23,25). The second-order valence-corrected chi connectivity index (χ2v) is 7.51. The van der Waals surface area contributed by atoms with Crippen LogP contribution >= 0.6 is 0 Å². The van der Waals surface area contributed by atoms with Crippen LogP contribution in [-0.2, 0) is 4.74 Å². The third-order valence-corrected chi connectivity index (χ3v) is 6.02. The van der Waals surface area contributed by atoms with Gasteiger partial charge in [0.05, 0.1) is 0 Å². The maximum atomic E-state index is 12.1. The fourth-order valence-corrected chi connectivity index (χ4v) is 4.24. The summed E-state index contributed by atoms with van der Waals surface area (Å²) in [5.41, 5.74) is 4.92. The molecule has 26 heavy (non-hydrogen) atoms. The Balaban J connectivity index is 1.35. The lowest BCUT2D eigenvalue weighted by atomic mass is 9.67.